The predicted octanol–water partition coefficient (Wildman–Crippen LogP) is 4.34. The van der Waals surface area contributed by atoms with Gasteiger partial charge in [-0.25, -0.2) is 23.5 Å². The highest BCUT2D eigenvalue weighted by Gasteiger charge is 2.62. The van der Waals surface area contributed by atoms with Crippen molar-refractivity contribution in [3.8, 4) is 22.3 Å². The Labute approximate surface area is 404 Å². The van der Waals surface area contributed by atoms with Crippen LogP contribution >= 0.6 is 0 Å². The van der Waals surface area contributed by atoms with Gasteiger partial charge < -0.3 is 50.8 Å². The Morgan fingerprint density at radius 1 is 0.458 bits per heavy atom. The highest BCUT2D eigenvalue weighted by atomic mass is 32.2. The Balaban J connectivity index is 1.85. The number of aromatic amines is 2. The van der Waals surface area contributed by atoms with Crippen molar-refractivity contribution < 1.29 is 87.6 Å². The summed E-state index contributed by atoms with van der Waals surface area (Å²) in [6.07, 6.45) is 5.96. The molecule has 0 spiro atoms. The molecular formula is C48H39N5O18S. The molecule has 8 bridgehead atoms. The van der Waals surface area contributed by atoms with E-state index in [1.165, 1.54) is 24.3 Å². The third-order valence-corrected chi connectivity index (χ3v) is 13.9. The monoisotopic (exact) mass is 1010 g/mol. The number of sulfonamides is 1. The maximum atomic E-state index is 14.5. The molecule has 7 rings (SSSR count). The number of H-pyrrole nitrogens is 2. The van der Waals surface area contributed by atoms with Gasteiger partial charge in [0.15, 0.2) is 21.7 Å². The van der Waals surface area contributed by atoms with Crippen molar-refractivity contribution in [2.24, 2.45) is 5.14 Å². The van der Waals surface area contributed by atoms with Crippen LogP contribution in [0.4, 0.5) is 0 Å². The summed E-state index contributed by atoms with van der Waals surface area (Å²) in [7, 11) is -5.42. The molecule has 0 saturated carbocycles. The second-order valence-electron chi connectivity index (χ2n) is 17.3. The van der Waals surface area contributed by atoms with Crippen molar-refractivity contribution >= 4 is 104 Å². The number of hydrogen-bond donors (Lipinski definition) is 11. The minimum Gasteiger partial charge on any atom is -0.480 e. The average Bonchev–Trinajstić information content (AvgIpc) is 4.14. The maximum Gasteiger partial charge on any atom is 0.325 e. The Morgan fingerprint density at radius 2 is 0.819 bits per heavy atom. The summed E-state index contributed by atoms with van der Waals surface area (Å²) < 4.78 is 28.9. The van der Waals surface area contributed by atoms with Gasteiger partial charge in [-0.15, -0.1) is 0 Å². The van der Waals surface area contributed by atoms with Crippen molar-refractivity contribution in [1.29, 1.82) is 0 Å². The number of carboxylic acid groups (broad SMARTS) is 8. The highest BCUT2D eigenvalue weighted by Crippen LogP contribution is 2.53. The van der Waals surface area contributed by atoms with E-state index in [1.54, 1.807) is 36.4 Å². The van der Waals surface area contributed by atoms with E-state index in [9.17, 15) is 87.6 Å². The molecular weight excluding hydrogens is 967 g/mol. The number of carbonyl (C=O) groups is 8. The largest absolute Gasteiger partial charge is 0.480 e. The van der Waals surface area contributed by atoms with E-state index in [0.29, 0.717) is 35.9 Å². The number of aliphatic carboxylic acids is 8. The van der Waals surface area contributed by atoms with Crippen LogP contribution in [-0.2, 0) is 70.0 Å². The van der Waals surface area contributed by atoms with Crippen LogP contribution in [0, 0.1) is 0 Å². The highest BCUT2D eigenvalue weighted by molar-refractivity contribution is 7.89. The van der Waals surface area contributed by atoms with Gasteiger partial charge in [-0.05, 0) is 128 Å². The smallest absolute Gasteiger partial charge is 0.325 e. The molecule has 2 aromatic carbocycles. The van der Waals surface area contributed by atoms with Crippen molar-refractivity contribution in [1.82, 2.24) is 19.9 Å². The number of carboxylic acids is 8. The van der Waals surface area contributed by atoms with Gasteiger partial charge in [-0.3, -0.25) is 38.4 Å². The lowest BCUT2D eigenvalue weighted by Gasteiger charge is -2.40. The van der Waals surface area contributed by atoms with Gasteiger partial charge in [0, 0.05) is 38.8 Å². The lowest BCUT2D eigenvalue weighted by atomic mass is 9.59. The third-order valence-electron chi connectivity index (χ3n) is 12.9. The van der Waals surface area contributed by atoms with Crippen molar-refractivity contribution in [3.05, 3.63) is 112 Å². The summed E-state index contributed by atoms with van der Waals surface area (Å²) in [5, 5.41) is 92.3. The Bertz CT molecular complexity index is 3530. The molecule has 0 unspecified atom stereocenters. The summed E-state index contributed by atoms with van der Waals surface area (Å²) in [4.78, 5) is 122. The van der Waals surface area contributed by atoms with Crippen LogP contribution in [-0.4, -0.2) is 117 Å². The van der Waals surface area contributed by atoms with E-state index in [2.05, 4.69) is 9.97 Å². The summed E-state index contributed by atoms with van der Waals surface area (Å²) in [6, 6.07) is 15.5. The summed E-state index contributed by atoms with van der Waals surface area (Å²) in [5.41, 5.74) is -22.1. The van der Waals surface area contributed by atoms with Crippen LogP contribution in [0.15, 0.2) is 71.6 Å². The molecule has 12 N–H and O–H groups in total. The van der Waals surface area contributed by atoms with Gasteiger partial charge >= 0.3 is 47.8 Å². The normalized spacial score (nSPS) is 12.8. The van der Waals surface area contributed by atoms with Gasteiger partial charge in [0.05, 0.1) is 27.7 Å². The summed E-state index contributed by atoms with van der Waals surface area (Å²) in [5.74, 6) is -20.1. The van der Waals surface area contributed by atoms with Gasteiger partial charge in [0.1, 0.15) is 0 Å². The molecule has 3 aromatic heterocycles. The molecule has 24 heteroatoms. The third kappa shape index (κ3) is 7.79. The van der Waals surface area contributed by atoms with E-state index in [1.807, 2.05) is 6.07 Å². The first-order valence-electron chi connectivity index (χ1n) is 20.8. The van der Waals surface area contributed by atoms with Gasteiger partial charge in [0.2, 0.25) is 10.0 Å². The molecule has 0 fully saturated rings. The second-order valence-corrected chi connectivity index (χ2v) is 18.8. The zero-order valence-electron chi connectivity index (χ0n) is 37.7. The Morgan fingerprint density at radius 3 is 1.21 bits per heavy atom. The fourth-order valence-corrected chi connectivity index (χ4v) is 9.56. The van der Waals surface area contributed by atoms with Crippen LogP contribution < -0.4 is 5.14 Å². The molecule has 2 aliphatic rings. The minimum atomic E-state index is -5.42. The van der Waals surface area contributed by atoms with E-state index in [-0.39, 0.29) is 48.3 Å². The number of nitrogens with two attached hydrogens (primary N) is 1. The zero-order valence-corrected chi connectivity index (χ0v) is 38.5. The van der Waals surface area contributed by atoms with E-state index < -0.39 is 123 Å². The number of primary sulfonamides is 1. The molecule has 0 aliphatic carbocycles. The lowest BCUT2D eigenvalue weighted by molar-refractivity contribution is -0.161. The molecule has 0 saturated heterocycles. The zero-order chi connectivity index (χ0) is 53.4. The number of aromatic nitrogens is 4. The standard InChI is InChI=1S/C48H39N5O18S/c1-45(37(54)55,38(56)57)29-19-28(33(46(2,39(58)59)40(60)61)35(48(4,43(66)67)44(68)69)34(29)47(3,41(62)63)42(64)65)26-6-5-7-27(36(26)72(49,70)71)32-30-14-12-24(52-30)17-22-10-8-20(50-22)16-21-9-11-23(51-21)18-25-13-15-31(32)53-25/h5-19,50-51H,1-4H3,(H,54,55)(H,56,57)(H,58,59)(H,60,61)(H,62,63)(H,64,65)(H,66,67)(H,68,69)(H2,49,70,71). The van der Waals surface area contributed by atoms with Crippen molar-refractivity contribution in [2.75, 3.05) is 0 Å². The molecule has 370 valence electrons. The Kier molecular flexibility index (Phi) is 12.1. The van der Waals surface area contributed by atoms with Crippen LogP contribution in [0.2, 0.25) is 0 Å². The summed E-state index contributed by atoms with van der Waals surface area (Å²) >= 11 is 0. The number of nitrogens with zero attached hydrogens (tertiary/aromatic N) is 2. The first kappa shape index (κ1) is 50.6. The van der Waals surface area contributed by atoms with Gasteiger partial charge in [-0.2, -0.15) is 0 Å². The van der Waals surface area contributed by atoms with Crippen LogP contribution in [0.25, 0.3) is 68.6 Å². The number of hydrogen-bond acceptors (Lipinski definition) is 12. The minimum absolute atomic E-state index is 0.0225. The molecule has 0 atom stereocenters. The fourth-order valence-electron chi connectivity index (χ4n) is 8.60. The average molecular weight is 1010 g/mol. The molecule has 23 nitrogen and oxygen atoms in total. The number of nitrogens with one attached hydrogen (secondary N) is 2. The van der Waals surface area contributed by atoms with E-state index in [0.717, 1.165) is 18.2 Å². The first-order valence-corrected chi connectivity index (χ1v) is 22.3. The van der Waals surface area contributed by atoms with E-state index in [4.69, 9.17) is 15.1 Å². The molecule has 5 heterocycles. The number of benzene rings is 2. The molecule has 0 amide bonds. The number of rotatable bonds is 15. The maximum absolute atomic E-state index is 14.5. The lowest BCUT2D eigenvalue weighted by Crippen LogP contribution is -2.53. The van der Waals surface area contributed by atoms with Crippen LogP contribution in [0.3, 0.4) is 0 Å². The fraction of sp³-hybridized carbons (Fsp3) is 0.167. The van der Waals surface area contributed by atoms with Gasteiger partial charge in [-0.1, -0.05) is 18.2 Å². The first-order chi connectivity index (χ1) is 33.4. The quantitative estimate of drug-likeness (QED) is 0.0636. The second kappa shape index (κ2) is 17.3. The SMILES string of the molecule is CC(C(=O)O)(C(=O)O)c1cc(-c2cccc(-c3c4nc(cc5ccc(cc6ccc(cc7nc3C=C7)[nH]6)[nH]5)C=C4)c2S(N)(=O)=O)c(C(C)(C(=O)O)C(=O)O)c(C(C)(C(=O)O)C(=O)O)c1C(C)(C(=O)O)C(=O)O. The Hall–Kier alpha value is -9.29. The molecule has 72 heavy (non-hydrogen) atoms. The topological polar surface area (TPSA) is 416 Å². The molecule has 2 aliphatic heterocycles. The van der Waals surface area contributed by atoms with Crippen LogP contribution in [0.1, 0.15) is 72.7 Å². The van der Waals surface area contributed by atoms with Crippen LogP contribution in [0.5, 0.6) is 0 Å². The van der Waals surface area contributed by atoms with Crippen molar-refractivity contribution in [2.45, 2.75) is 54.3 Å². The number of fused-ring (bicyclic) bond motifs is 8. The van der Waals surface area contributed by atoms with Crippen molar-refractivity contribution in [3.63, 3.8) is 0 Å². The predicted molar refractivity (Wildman–Crippen MR) is 252 cm³/mol. The van der Waals surface area contributed by atoms with Gasteiger partial charge in [0.25, 0.3) is 0 Å². The summed E-state index contributed by atoms with van der Waals surface area (Å²) in [6.45, 7) is 1.21. The van der Waals surface area contributed by atoms with E-state index >= 15 is 0 Å². The molecule has 0 radical (unpaired) electrons. The molecule has 5 aromatic rings.